The first-order chi connectivity index (χ1) is 14.8. The van der Waals surface area contributed by atoms with Crippen molar-refractivity contribution in [2.45, 2.75) is 0 Å². The first kappa shape index (κ1) is 18.1. The van der Waals surface area contributed by atoms with Crippen LogP contribution in [0, 0.1) is 0 Å². The van der Waals surface area contributed by atoms with E-state index in [9.17, 15) is 9.59 Å². The Labute approximate surface area is 176 Å². The van der Waals surface area contributed by atoms with Crippen molar-refractivity contribution in [3.63, 3.8) is 0 Å². The second-order valence-electron chi connectivity index (χ2n) is 6.71. The van der Waals surface area contributed by atoms with Crippen molar-refractivity contribution in [1.29, 1.82) is 0 Å². The van der Waals surface area contributed by atoms with Crippen LogP contribution in [0.2, 0.25) is 0 Å². The normalized spacial score (nSPS) is 10.9. The van der Waals surface area contributed by atoms with Crippen molar-refractivity contribution < 1.29 is 9.59 Å². The highest BCUT2D eigenvalue weighted by Gasteiger charge is 2.16. The maximum absolute atomic E-state index is 11.1. The van der Waals surface area contributed by atoms with E-state index in [0.29, 0.717) is 16.3 Å². The highest BCUT2D eigenvalue weighted by Crippen LogP contribution is 2.33. The summed E-state index contributed by atoms with van der Waals surface area (Å²) in [7, 11) is 0. The quantitative estimate of drug-likeness (QED) is 0.363. The summed E-state index contributed by atoms with van der Waals surface area (Å²) < 4.78 is 2.03. The molecule has 0 amide bonds. The lowest BCUT2D eigenvalue weighted by atomic mass is 10.1. The molecular weight excluding hydrogens is 394 g/mol. The molecule has 144 valence electrons. The topological polar surface area (TPSA) is 64.8 Å². The fourth-order valence-electron chi connectivity index (χ4n) is 3.40. The molecule has 0 saturated carbocycles. The van der Waals surface area contributed by atoms with Gasteiger partial charge in [0.05, 0.1) is 15.4 Å². The van der Waals surface area contributed by atoms with Crippen molar-refractivity contribution in [2.24, 2.45) is 0 Å². The van der Waals surface area contributed by atoms with Crippen LogP contribution in [0.5, 0.6) is 0 Å². The summed E-state index contributed by atoms with van der Waals surface area (Å²) in [5, 5.41) is 0.911. The summed E-state index contributed by atoms with van der Waals surface area (Å²) in [6, 6.07) is 23.0. The zero-order chi connectivity index (χ0) is 20.5. The van der Waals surface area contributed by atoms with Gasteiger partial charge in [0.1, 0.15) is 11.9 Å². The number of benzene rings is 2. The summed E-state index contributed by atoms with van der Waals surface area (Å²) in [6.45, 7) is 0. The molecule has 3 aromatic heterocycles. The minimum Gasteiger partial charge on any atom is -0.301 e. The highest BCUT2D eigenvalue weighted by molar-refractivity contribution is 7.16. The fraction of sp³-hybridized carbons (Fsp3) is 0. The molecule has 6 heteroatoms. The van der Waals surface area contributed by atoms with Crippen LogP contribution in [0.3, 0.4) is 0 Å². The molecule has 30 heavy (non-hydrogen) atoms. The fourth-order valence-corrected chi connectivity index (χ4v) is 4.15. The number of thiophene rings is 1. The molecule has 5 nitrogen and oxygen atoms in total. The van der Waals surface area contributed by atoms with Crippen LogP contribution < -0.4 is 0 Å². The van der Waals surface area contributed by atoms with Crippen molar-refractivity contribution in [1.82, 2.24) is 14.5 Å². The number of nitrogens with zero attached hydrogens (tertiary/aromatic N) is 3. The number of fused-ring (bicyclic) bond motifs is 1. The molecule has 0 N–H and O–H groups in total. The average molecular weight is 409 g/mol. The zero-order valence-electron chi connectivity index (χ0n) is 15.7. The standard InChI is InChI=1S/C24H15N3O2S/c28-14-16-6-8-17(9-7-16)22-20-12-13-27(18-4-2-1-3-5-18)24(20)26-23(25-22)21-11-10-19(15-29)30-21/h1-15H. The predicted molar refractivity (Wildman–Crippen MR) is 118 cm³/mol. The molecule has 2 aromatic carbocycles. The molecule has 0 spiro atoms. The van der Waals surface area contributed by atoms with Gasteiger partial charge in [0.15, 0.2) is 12.1 Å². The first-order valence-corrected chi connectivity index (χ1v) is 10.1. The summed E-state index contributed by atoms with van der Waals surface area (Å²) in [6.07, 6.45) is 3.63. The molecule has 3 heterocycles. The second-order valence-corrected chi connectivity index (χ2v) is 7.83. The lowest BCUT2D eigenvalue weighted by Gasteiger charge is -2.09. The Kier molecular flexibility index (Phi) is 4.53. The number of para-hydroxylation sites is 1. The van der Waals surface area contributed by atoms with E-state index >= 15 is 0 Å². The molecule has 0 aliphatic rings. The monoisotopic (exact) mass is 409 g/mol. The molecule has 0 fully saturated rings. The summed E-state index contributed by atoms with van der Waals surface area (Å²) in [4.78, 5) is 33.3. The SMILES string of the molecule is O=Cc1ccc(-c2nc(-c3ccc(C=O)s3)nc3c2ccn3-c2ccccc2)cc1. The van der Waals surface area contributed by atoms with Gasteiger partial charge >= 0.3 is 0 Å². The van der Waals surface area contributed by atoms with Crippen LogP contribution in [0.25, 0.3) is 38.7 Å². The van der Waals surface area contributed by atoms with Crippen LogP contribution in [-0.2, 0) is 0 Å². The largest absolute Gasteiger partial charge is 0.301 e. The van der Waals surface area contributed by atoms with E-state index in [4.69, 9.17) is 9.97 Å². The summed E-state index contributed by atoms with van der Waals surface area (Å²) >= 11 is 1.36. The molecule has 0 unspecified atom stereocenters. The third-order valence-electron chi connectivity index (χ3n) is 4.86. The molecule has 5 rings (SSSR count). The predicted octanol–water partition coefficient (Wildman–Crippen LogP) is 5.44. The van der Waals surface area contributed by atoms with Gasteiger partial charge in [-0.2, -0.15) is 0 Å². The number of aldehydes is 2. The Bertz CT molecular complexity index is 1370. The number of carbonyl (C=O) groups excluding carboxylic acids is 2. The molecule has 0 bridgehead atoms. The summed E-state index contributed by atoms with van der Waals surface area (Å²) in [5.74, 6) is 0.561. The second kappa shape index (κ2) is 7.50. The maximum atomic E-state index is 11.1. The van der Waals surface area contributed by atoms with Crippen LogP contribution >= 0.6 is 11.3 Å². The number of rotatable bonds is 5. The minimum atomic E-state index is 0.561. The van der Waals surface area contributed by atoms with E-state index in [0.717, 1.165) is 45.4 Å². The van der Waals surface area contributed by atoms with Crippen LogP contribution in [-0.4, -0.2) is 27.1 Å². The summed E-state index contributed by atoms with van der Waals surface area (Å²) in [5.41, 5.74) is 4.07. The lowest BCUT2D eigenvalue weighted by Crippen LogP contribution is -1.98. The Hall–Kier alpha value is -3.90. The molecule has 5 aromatic rings. The number of hydrogen-bond donors (Lipinski definition) is 0. The highest BCUT2D eigenvalue weighted by atomic mass is 32.1. The molecule has 0 atom stereocenters. The third-order valence-corrected chi connectivity index (χ3v) is 5.87. The molecule has 0 saturated heterocycles. The first-order valence-electron chi connectivity index (χ1n) is 9.32. The van der Waals surface area contributed by atoms with Gasteiger partial charge in [-0.1, -0.05) is 42.5 Å². The molecular formula is C24H15N3O2S. The molecule has 0 aliphatic heterocycles. The Balaban J connectivity index is 1.77. The van der Waals surface area contributed by atoms with Gasteiger partial charge in [0, 0.05) is 28.4 Å². The number of carbonyl (C=O) groups is 2. The lowest BCUT2D eigenvalue weighted by molar-refractivity contribution is 0.111. The zero-order valence-corrected chi connectivity index (χ0v) is 16.5. The average Bonchev–Trinajstić information content (AvgIpc) is 3.46. The van der Waals surface area contributed by atoms with Gasteiger partial charge in [-0.05, 0) is 30.3 Å². The smallest absolute Gasteiger partial charge is 0.172 e. The Morgan fingerprint density at radius 3 is 2.30 bits per heavy atom. The minimum absolute atomic E-state index is 0.561. The van der Waals surface area contributed by atoms with Crippen LogP contribution in [0.1, 0.15) is 20.0 Å². The van der Waals surface area contributed by atoms with E-state index in [-0.39, 0.29) is 0 Å². The Morgan fingerprint density at radius 1 is 0.800 bits per heavy atom. The van der Waals surface area contributed by atoms with Crippen LogP contribution in [0.15, 0.2) is 79.0 Å². The van der Waals surface area contributed by atoms with Gasteiger partial charge in [0.25, 0.3) is 0 Å². The molecule has 0 radical (unpaired) electrons. The van der Waals surface area contributed by atoms with Gasteiger partial charge in [-0.25, -0.2) is 9.97 Å². The van der Waals surface area contributed by atoms with Crippen molar-refractivity contribution in [3.8, 4) is 27.6 Å². The van der Waals surface area contributed by atoms with Gasteiger partial charge in [-0.3, -0.25) is 9.59 Å². The maximum Gasteiger partial charge on any atom is 0.172 e. The third kappa shape index (κ3) is 3.13. The van der Waals surface area contributed by atoms with E-state index in [1.165, 1.54) is 11.3 Å². The van der Waals surface area contributed by atoms with Gasteiger partial charge < -0.3 is 4.57 Å². The van der Waals surface area contributed by atoms with Crippen molar-refractivity contribution in [2.75, 3.05) is 0 Å². The van der Waals surface area contributed by atoms with E-state index in [1.807, 2.05) is 65.4 Å². The van der Waals surface area contributed by atoms with Gasteiger partial charge in [0.2, 0.25) is 0 Å². The Morgan fingerprint density at radius 2 is 1.60 bits per heavy atom. The van der Waals surface area contributed by atoms with E-state index in [2.05, 4.69) is 0 Å². The van der Waals surface area contributed by atoms with E-state index in [1.54, 1.807) is 18.2 Å². The van der Waals surface area contributed by atoms with Crippen molar-refractivity contribution in [3.05, 3.63) is 89.4 Å². The van der Waals surface area contributed by atoms with Crippen molar-refractivity contribution >= 4 is 34.9 Å². The van der Waals surface area contributed by atoms with Crippen LogP contribution in [0.4, 0.5) is 0 Å². The van der Waals surface area contributed by atoms with Gasteiger partial charge in [-0.15, -0.1) is 11.3 Å². The molecule has 0 aliphatic carbocycles. The number of hydrogen-bond acceptors (Lipinski definition) is 5. The van der Waals surface area contributed by atoms with E-state index < -0.39 is 0 Å². The number of aromatic nitrogens is 3.